The molecule has 0 heterocycles. The van der Waals surface area contributed by atoms with Gasteiger partial charge in [-0.2, -0.15) is 0 Å². The second kappa shape index (κ2) is 6.27. The quantitative estimate of drug-likeness (QED) is 0.619. The minimum absolute atomic E-state index is 0.275. The lowest BCUT2D eigenvalue weighted by atomic mass is 10.0. The molecule has 0 saturated carbocycles. The highest BCUT2D eigenvalue weighted by molar-refractivity contribution is 5.33. The van der Waals surface area contributed by atoms with Gasteiger partial charge in [-0.1, -0.05) is 36.1 Å². The molecule has 0 radical (unpaired) electrons. The van der Waals surface area contributed by atoms with Gasteiger partial charge in [0.05, 0.1) is 6.10 Å². The van der Waals surface area contributed by atoms with Crippen molar-refractivity contribution in [2.45, 2.75) is 38.2 Å². The highest BCUT2D eigenvalue weighted by atomic mass is 16.3. The Morgan fingerprint density at radius 2 is 2.06 bits per heavy atom. The molecule has 0 aromatic heterocycles. The molecule has 1 aromatic rings. The predicted molar refractivity (Wildman–Crippen MR) is 70.5 cm³/mol. The number of rotatable bonds is 3. The summed E-state index contributed by atoms with van der Waals surface area (Å²) >= 11 is 0. The fraction of sp³-hybridized carbons (Fsp3) is 0.375. The van der Waals surface area contributed by atoms with Gasteiger partial charge in [0.15, 0.2) is 0 Å². The molecule has 0 fully saturated rings. The van der Waals surface area contributed by atoms with Gasteiger partial charge in [0.25, 0.3) is 0 Å². The Kier molecular flexibility index (Phi) is 4.41. The van der Waals surface area contributed by atoms with Crippen LogP contribution in [-0.4, -0.2) is 11.2 Å². The molecule has 1 atom stereocenters. The van der Waals surface area contributed by atoms with Gasteiger partial charge in [-0.15, -0.1) is 0 Å². The van der Waals surface area contributed by atoms with Crippen molar-refractivity contribution in [3.05, 3.63) is 47.5 Å². The van der Waals surface area contributed by atoms with Crippen LogP contribution < -0.4 is 0 Å². The summed E-state index contributed by atoms with van der Waals surface area (Å²) in [5.74, 6) is 6.23. The smallest absolute Gasteiger partial charge is 0.0759 e. The van der Waals surface area contributed by atoms with E-state index >= 15 is 0 Å². The van der Waals surface area contributed by atoms with Gasteiger partial charge in [-0.05, 0) is 43.4 Å². The van der Waals surface area contributed by atoms with Crippen molar-refractivity contribution >= 4 is 0 Å². The van der Waals surface area contributed by atoms with E-state index in [-0.39, 0.29) is 6.10 Å². The van der Waals surface area contributed by atoms with Crippen LogP contribution in [0.1, 0.15) is 37.7 Å². The molecule has 1 unspecified atom stereocenters. The normalized spacial score (nSPS) is 15.9. The van der Waals surface area contributed by atoms with Gasteiger partial charge in [-0.25, -0.2) is 0 Å². The summed E-state index contributed by atoms with van der Waals surface area (Å²) in [5, 5.41) is 9.91. The molecule has 0 bridgehead atoms. The lowest BCUT2D eigenvalue weighted by Crippen LogP contribution is -2.07. The molecule has 1 aliphatic carbocycles. The van der Waals surface area contributed by atoms with Crippen molar-refractivity contribution in [3.8, 4) is 11.8 Å². The first-order valence-corrected chi connectivity index (χ1v) is 6.27. The molecule has 1 N–H and O–H groups in total. The minimum Gasteiger partial charge on any atom is -0.389 e. The first-order valence-electron chi connectivity index (χ1n) is 6.27. The Morgan fingerprint density at radius 1 is 1.24 bits per heavy atom. The summed E-state index contributed by atoms with van der Waals surface area (Å²) in [6.07, 6.45) is 6.80. The maximum Gasteiger partial charge on any atom is 0.0759 e. The zero-order valence-corrected chi connectivity index (χ0v) is 10.0. The predicted octanol–water partition coefficient (Wildman–Crippen LogP) is 3.29. The average molecular weight is 226 g/mol. The molecule has 2 rings (SSSR count). The molecular formula is C16H18O. The number of benzene rings is 1. The van der Waals surface area contributed by atoms with Crippen LogP contribution in [0.3, 0.4) is 0 Å². The Balaban J connectivity index is 1.78. The Hall–Kier alpha value is -1.52. The molecule has 17 heavy (non-hydrogen) atoms. The lowest BCUT2D eigenvalue weighted by molar-refractivity contribution is 0.199. The number of aliphatic hydroxyl groups excluding tert-OH is 1. The highest BCUT2D eigenvalue weighted by Gasteiger charge is 2.12. The van der Waals surface area contributed by atoms with Crippen LogP contribution in [0.4, 0.5) is 0 Å². The summed E-state index contributed by atoms with van der Waals surface area (Å²) in [6.45, 7) is 0. The van der Waals surface area contributed by atoms with E-state index in [1.54, 1.807) is 0 Å². The van der Waals surface area contributed by atoms with Gasteiger partial charge >= 0.3 is 0 Å². The van der Waals surface area contributed by atoms with E-state index in [2.05, 4.69) is 17.9 Å². The number of aliphatic hydroxyl groups is 1. The van der Waals surface area contributed by atoms with Crippen LogP contribution in [0.25, 0.3) is 0 Å². The summed E-state index contributed by atoms with van der Waals surface area (Å²) in [6, 6.07) is 9.97. The molecule has 0 aliphatic heterocycles. The molecule has 1 aromatic carbocycles. The third-order valence-electron chi connectivity index (χ3n) is 3.05. The van der Waals surface area contributed by atoms with Crippen LogP contribution in [0.15, 0.2) is 42.0 Å². The van der Waals surface area contributed by atoms with Gasteiger partial charge < -0.3 is 5.11 Å². The fourth-order valence-electron chi connectivity index (χ4n) is 2.08. The van der Waals surface area contributed by atoms with Crippen LogP contribution in [0, 0.1) is 11.8 Å². The Labute approximate surface area is 103 Å². The lowest BCUT2D eigenvalue weighted by Gasteiger charge is -2.09. The Morgan fingerprint density at radius 3 is 2.76 bits per heavy atom. The molecule has 0 amide bonds. The maximum atomic E-state index is 9.91. The van der Waals surface area contributed by atoms with Crippen LogP contribution >= 0.6 is 0 Å². The van der Waals surface area contributed by atoms with Crippen molar-refractivity contribution in [1.29, 1.82) is 0 Å². The third kappa shape index (κ3) is 3.76. The van der Waals surface area contributed by atoms with Crippen molar-refractivity contribution in [3.63, 3.8) is 0 Å². The standard InChI is InChI=1S/C16H18O/c17-16(15-11-5-6-12-15)13-7-4-10-14-8-2-1-3-9-14/h1-3,8-9,11,16-17H,5-7,12-13H2. The second-order valence-electron chi connectivity index (χ2n) is 4.39. The van der Waals surface area contributed by atoms with E-state index in [0.29, 0.717) is 0 Å². The number of hydrogen-bond acceptors (Lipinski definition) is 1. The molecule has 1 aliphatic rings. The van der Waals surface area contributed by atoms with Crippen LogP contribution in [0.5, 0.6) is 0 Å². The zero-order valence-electron chi connectivity index (χ0n) is 10.0. The second-order valence-corrected chi connectivity index (χ2v) is 4.39. The summed E-state index contributed by atoms with van der Waals surface area (Å²) < 4.78 is 0. The van der Waals surface area contributed by atoms with Crippen LogP contribution in [-0.2, 0) is 0 Å². The van der Waals surface area contributed by atoms with Crippen molar-refractivity contribution in [1.82, 2.24) is 0 Å². The molecule has 1 heteroatoms. The average Bonchev–Trinajstić information content (AvgIpc) is 2.89. The molecule has 88 valence electrons. The van der Waals surface area contributed by atoms with Crippen LogP contribution in [0.2, 0.25) is 0 Å². The zero-order chi connectivity index (χ0) is 11.9. The van der Waals surface area contributed by atoms with Gasteiger partial charge in [0.1, 0.15) is 0 Å². The van der Waals surface area contributed by atoms with Gasteiger partial charge in [-0.3, -0.25) is 0 Å². The van der Waals surface area contributed by atoms with Gasteiger partial charge in [0, 0.05) is 12.0 Å². The summed E-state index contributed by atoms with van der Waals surface area (Å²) in [5.41, 5.74) is 2.26. The summed E-state index contributed by atoms with van der Waals surface area (Å²) in [7, 11) is 0. The molecule has 0 saturated heterocycles. The maximum absolute atomic E-state index is 9.91. The highest BCUT2D eigenvalue weighted by Crippen LogP contribution is 2.22. The van der Waals surface area contributed by atoms with Crippen molar-refractivity contribution in [2.24, 2.45) is 0 Å². The molecular weight excluding hydrogens is 208 g/mol. The number of allylic oxidation sites excluding steroid dienone is 1. The van der Waals surface area contributed by atoms with Gasteiger partial charge in [0.2, 0.25) is 0 Å². The fourth-order valence-corrected chi connectivity index (χ4v) is 2.08. The monoisotopic (exact) mass is 226 g/mol. The Bertz CT molecular complexity index is 434. The van der Waals surface area contributed by atoms with E-state index < -0.39 is 0 Å². The molecule has 1 nitrogen and oxygen atoms in total. The SMILES string of the molecule is OC(CCC#Cc1ccccc1)C1=CCCC1. The summed E-state index contributed by atoms with van der Waals surface area (Å²) in [4.78, 5) is 0. The van der Waals surface area contributed by atoms with E-state index in [1.807, 2.05) is 30.3 Å². The third-order valence-corrected chi connectivity index (χ3v) is 3.05. The first kappa shape index (κ1) is 12.0. The number of hydrogen-bond donors (Lipinski definition) is 1. The molecule has 0 spiro atoms. The van der Waals surface area contributed by atoms with E-state index in [9.17, 15) is 5.11 Å². The van der Waals surface area contributed by atoms with E-state index in [4.69, 9.17) is 0 Å². The van der Waals surface area contributed by atoms with Crippen molar-refractivity contribution < 1.29 is 5.11 Å². The largest absolute Gasteiger partial charge is 0.389 e. The first-order chi connectivity index (χ1) is 8.36. The van der Waals surface area contributed by atoms with E-state index in [0.717, 1.165) is 31.2 Å². The topological polar surface area (TPSA) is 20.2 Å². The van der Waals surface area contributed by atoms with Crippen molar-refractivity contribution in [2.75, 3.05) is 0 Å². The van der Waals surface area contributed by atoms with E-state index in [1.165, 1.54) is 12.0 Å². The minimum atomic E-state index is -0.275.